The number of nitrogens with zero attached hydrogens (tertiary/aromatic N) is 3. The molecule has 7 heteroatoms. The van der Waals surface area contributed by atoms with Crippen molar-refractivity contribution >= 4 is 34.8 Å². The van der Waals surface area contributed by atoms with Gasteiger partial charge in [0.15, 0.2) is 5.03 Å². The van der Waals surface area contributed by atoms with Gasteiger partial charge in [0.2, 0.25) is 5.65 Å². The number of hydrogen-bond donors (Lipinski definition) is 0. The quantitative estimate of drug-likeness (QED) is 0.541. The Hall–Kier alpha value is -2.05. The molecule has 1 aromatic carbocycles. The lowest BCUT2D eigenvalue weighted by Gasteiger charge is -1.99. The normalized spacial score (nSPS) is 10.8. The summed E-state index contributed by atoms with van der Waals surface area (Å²) < 4.78 is 1.47. The standard InChI is InChI=1S/C13H8ClN3O2S/c14-9-4-6-10(7-5-9)20-12-13(17(18)19)16-8-2-1-3-11(16)15-12/h1-8H. The van der Waals surface area contributed by atoms with E-state index in [1.54, 1.807) is 48.7 Å². The molecule has 0 spiro atoms. The van der Waals surface area contributed by atoms with Crippen LogP contribution >= 0.6 is 23.4 Å². The molecule has 20 heavy (non-hydrogen) atoms. The number of nitro groups is 1. The highest BCUT2D eigenvalue weighted by Gasteiger charge is 2.22. The van der Waals surface area contributed by atoms with Crippen molar-refractivity contribution in [2.24, 2.45) is 0 Å². The van der Waals surface area contributed by atoms with E-state index in [1.807, 2.05) is 0 Å². The molecule has 0 aliphatic rings. The summed E-state index contributed by atoms with van der Waals surface area (Å²) in [6.07, 6.45) is 1.63. The molecule has 0 bridgehead atoms. The summed E-state index contributed by atoms with van der Waals surface area (Å²) in [5, 5.41) is 12.2. The molecular weight excluding hydrogens is 298 g/mol. The maximum atomic E-state index is 11.3. The first-order valence-corrected chi connectivity index (χ1v) is 6.89. The van der Waals surface area contributed by atoms with Gasteiger partial charge in [-0.25, -0.2) is 0 Å². The molecule has 0 saturated heterocycles. The van der Waals surface area contributed by atoms with Crippen LogP contribution in [-0.4, -0.2) is 14.3 Å². The molecule has 0 aliphatic carbocycles. The molecular formula is C13H8ClN3O2S. The zero-order chi connectivity index (χ0) is 14.1. The van der Waals surface area contributed by atoms with Crippen LogP contribution in [0.25, 0.3) is 5.65 Å². The Bertz CT molecular complexity index is 786. The fourth-order valence-corrected chi connectivity index (χ4v) is 2.83. The molecule has 0 aliphatic heterocycles. The van der Waals surface area contributed by atoms with Crippen molar-refractivity contribution in [3.05, 3.63) is 63.8 Å². The van der Waals surface area contributed by atoms with Crippen molar-refractivity contribution in [3.63, 3.8) is 0 Å². The zero-order valence-corrected chi connectivity index (χ0v) is 11.6. The highest BCUT2D eigenvalue weighted by molar-refractivity contribution is 7.99. The molecule has 2 heterocycles. The van der Waals surface area contributed by atoms with E-state index in [9.17, 15) is 10.1 Å². The van der Waals surface area contributed by atoms with Crippen molar-refractivity contribution in [2.75, 3.05) is 0 Å². The van der Waals surface area contributed by atoms with Crippen molar-refractivity contribution in [1.29, 1.82) is 0 Å². The smallest absolute Gasteiger partial charge is 0.358 e. The maximum absolute atomic E-state index is 11.3. The molecule has 5 nitrogen and oxygen atoms in total. The van der Waals surface area contributed by atoms with Crippen LogP contribution in [0.5, 0.6) is 0 Å². The van der Waals surface area contributed by atoms with Gasteiger partial charge in [-0.05, 0) is 35.3 Å². The third-order valence-corrected chi connectivity index (χ3v) is 3.90. The van der Waals surface area contributed by atoms with Crippen LogP contribution in [0.4, 0.5) is 5.82 Å². The molecule has 0 saturated carbocycles. The van der Waals surface area contributed by atoms with E-state index in [2.05, 4.69) is 4.98 Å². The van der Waals surface area contributed by atoms with E-state index < -0.39 is 4.92 Å². The Balaban J connectivity index is 2.08. The Morgan fingerprint density at radius 2 is 1.95 bits per heavy atom. The molecule has 0 radical (unpaired) electrons. The highest BCUT2D eigenvalue weighted by Crippen LogP contribution is 2.35. The fraction of sp³-hybridized carbons (Fsp3) is 0. The molecule has 0 N–H and O–H groups in total. The summed E-state index contributed by atoms with van der Waals surface area (Å²) in [6, 6.07) is 12.4. The van der Waals surface area contributed by atoms with E-state index in [1.165, 1.54) is 16.2 Å². The minimum atomic E-state index is -0.418. The van der Waals surface area contributed by atoms with Gasteiger partial charge in [-0.3, -0.25) is 0 Å². The predicted molar refractivity (Wildman–Crippen MR) is 77.4 cm³/mol. The molecule has 0 amide bonds. The number of imidazole rings is 1. The number of aromatic nitrogens is 2. The Labute approximate surface area is 123 Å². The molecule has 0 fully saturated rings. The first-order valence-electron chi connectivity index (χ1n) is 5.70. The number of pyridine rings is 1. The molecule has 0 unspecified atom stereocenters. The number of benzene rings is 1. The zero-order valence-electron chi connectivity index (χ0n) is 10.1. The van der Waals surface area contributed by atoms with Crippen LogP contribution in [-0.2, 0) is 0 Å². The summed E-state index contributed by atoms with van der Waals surface area (Å²) in [5.74, 6) is -0.0273. The Kier molecular flexibility index (Phi) is 3.33. The van der Waals surface area contributed by atoms with Gasteiger partial charge in [0.05, 0.1) is 6.20 Å². The molecule has 3 rings (SSSR count). The van der Waals surface area contributed by atoms with Crippen LogP contribution in [0.15, 0.2) is 58.6 Å². The third kappa shape index (κ3) is 2.35. The summed E-state index contributed by atoms with van der Waals surface area (Å²) >= 11 is 7.07. The summed E-state index contributed by atoms with van der Waals surface area (Å²) in [7, 11) is 0. The Morgan fingerprint density at radius 3 is 2.65 bits per heavy atom. The second kappa shape index (κ2) is 5.15. The average molecular weight is 306 g/mol. The largest absolute Gasteiger partial charge is 0.362 e. The van der Waals surface area contributed by atoms with E-state index in [0.29, 0.717) is 15.7 Å². The second-order valence-electron chi connectivity index (χ2n) is 3.98. The van der Waals surface area contributed by atoms with Gasteiger partial charge in [-0.15, -0.1) is 0 Å². The van der Waals surface area contributed by atoms with Crippen molar-refractivity contribution in [3.8, 4) is 0 Å². The van der Waals surface area contributed by atoms with E-state index in [-0.39, 0.29) is 5.82 Å². The van der Waals surface area contributed by atoms with Gasteiger partial charge >= 0.3 is 5.82 Å². The molecule has 0 atom stereocenters. The monoisotopic (exact) mass is 305 g/mol. The topological polar surface area (TPSA) is 60.4 Å². The summed E-state index contributed by atoms with van der Waals surface area (Å²) in [5.41, 5.74) is 0.552. The highest BCUT2D eigenvalue weighted by atomic mass is 35.5. The van der Waals surface area contributed by atoms with E-state index in [4.69, 9.17) is 11.6 Å². The lowest BCUT2D eigenvalue weighted by Crippen LogP contribution is -1.94. The summed E-state index contributed by atoms with van der Waals surface area (Å²) in [4.78, 5) is 16.0. The predicted octanol–water partition coefficient (Wildman–Crippen LogP) is 4.05. The SMILES string of the molecule is O=[N+]([O-])c1c(Sc2ccc(Cl)cc2)nc2ccccn12. The van der Waals surface area contributed by atoms with Gasteiger partial charge in [0.25, 0.3) is 0 Å². The van der Waals surface area contributed by atoms with Crippen LogP contribution in [0, 0.1) is 10.1 Å². The minimum absolute atomic E-state index is 0.0273. The Morgan fingerprint density at radius 1 is 1.20 bits per heavy atom. The molecule has 3 aromatic rings. The van der Waals surface area contributed by atoms with Crippen molar-refractivity contribution in [1.82, 2.24) is 9.38 Å². The van der Waals surface area contributed by atoms with Gasteiger partial charge in [-0.1, -0.05) is 29.4 Å². The van der Waals surface area contributed by atoms with Crippen LogP contribution in [0.1, 0.15) is 0 Å². The number of hydrogen-bond acceptors (Lipinski definition) is 4. The lowest BCUT2D eigenvalue weighted by molar-refractivity contribution is -0.393. The van der Waals surface area contributed by atoms with Gasteiger partial charge in [0.1, 0.15) is 0 Å². The maximum Gasteiger partial charge on any atom is 0.362 e. The molecule has 100 valence electrons. The second-order valence-corrected chi connectivity index (χ2v) is 5.48. The number of rotatable bonds is 3. The van der Waals surface area contributed by atoms with E-state index in [0.717, 1.165) is 4.90 Å². The van der Waals surface area contributed by atoms with Crippen molar-refractivity contribution < 1.29 is 4.92 Å². The average Bonchev–Trinajstić information content (AvgIpc) is 2.79. The first-order chi connectivity index (χ1) is 9.65. The van der Waals surface area contributed by atoms with Gasteiger partial charge in [0, 0.05) is 16.0 Å². The van der Waals surface area contributed by atoms with E-state index >= 15 is 0 Å². The minimum Gasteiger partial charge on any atom is -0.358 e. The fourth-order valence-electron chi connectivity index (χ4n) is 1.81. The number of fused-ring (bicyclic) bond motifs is 1. The molecule has 2 aromatic heterocycles. The van der Waals surface area contributed by atoms with Crippen molar-refractivity contribution in [2.45, 2.75) is 9.92 Å². The van der Waals surface area contributed by atoms with Crippen LogP contribution in [0.2, 0.25) is 5.02 Å². The summed E-state index contributed by atoms with van der Waals surface area (Å²) in [6.45, 7) is 0. The first kappa shape index (κ1) is 13.0. The van der Waals surface area contributed by atoms with Gasteiger partial charge in [-0.2, -0.15) is 9.38 Å². The third-order valence-electron chi connectivity index (χ3n) is 2.68. The number of halogens is 1. The van der Waals surface area contributed by atoms with Gasteiger partial charge < -0.3 is 10.1 Å². The van der Waals surface area contributed by atoms with Crippen LogP contribution < -0.4 is 0 Å². The lowest BCUT2D eigenvalue weighted by atomic mass is 10.4. The van der Waals surface area contributed by atoms with Crippen LogP contribution in [0.3, 0.4) is 0 Å².